The van der Waals surface area contributed by atoms with Crippen LogP contribution in [0.2, 0.25) is 5.02 Å². The van der Waals surface area contributed by atoms with Gasteiger partial charge in [-0.15, -0.1) is 0 Å². The Balaban J connectivity index is 2.87. The summed E-state index contributed by atoms with van der Waals surface area (Å²) in [6.07, 6.45) is 0. The number of benzene rings is 1. The number of carbonyl (C=O) groups is 1. The molecule has 0 aliphatic carbocycles. The van der Waals surface area contributed by atoms with Crippen LogP contribution in [0.4, 0.5) is 11.4 Å². The van der Waals surface area contributed by atoms with Gasteiger partial charge in [-0.05, 0) is 24.6 Å². The third-order valence-electron chi connectivity index (χ3n) is 2.97. The maximum atomic E-state index is 11.5. The van der Waals surface area contributed by atoms with E-state index in [4.69, 9.17) is 17.3 Å². The summed E-state index contributed by atoms with van der Waals surface area (Å²) in [5.74, 6) is -0.0585. The second kappa shape index (κ2) is 5.96. The van der Waals surface area contributed by atoms with Crippen molar-refractivity contribution in [3.05, 3.63) is 22.7 Å². The number of aryl methyl sites for hydroxylation is 1. The van der Waals surface area contributed by atoms with Crippen LogP contribution < -0.4 is 16.0 Å². The number of hydrogen-bond acceptors (Lipinski definition) is 3. The van der Waals surface area contributed by atoms with Gasteiger partial charge in [0.25, 0.3) is 0 Å². The highest BCUT2D eigenvalue weighted by Gasteiger charge is 2.15. The van der Waals surface area contributed by atoms with Gasteiger partial charge in [0.1, 0.15) is 0 Å². The molecule has 0 aromatic heterocycles. The molecular formula is C13H20ClN3O. The molecule has 100 valence electrons. The van der Waals surface area contributed by atoms with Crippen molar-refractivity contribution in [2.45, 2.75) is 13.8 Å². The van der Waals surface area contributed by atoms with Crippen LogP contribution >= 0.6 is 11.6 Å². The van der Waals surface area contributed by atoms with Gasteiger partial charge in [-0.3, -0.25) is 4.79 Å². The first-order valence-electron chi connectivity index (χ1n) is 5.85. The van der Waals surface area contributed by atoms with Crippen LogP contribution in [0.15, 0.2) is 12.1 Å². The number of halogens is 1. The standard InChI is InChI=1S/C13H20ClN3O/c1-8-5-11(15)10(14)6-12(8)17(4)7-9(2)13(18)16-3/h5-6,9H,7,15H2,1-4H3,(H,16,18). The van der Waals surface area contributed by atoms with Gasteiger partial charge in [-0.2, -0.15) is 0 Å². The van der Waals surface area contributed by atoms with Crippen molar-refractivity contribution in [1.29, 1.82) is 0 Å². The lowest BCUT2D eigenvalue weighted by Gasteiger charge is -2.25. The highest BCUT2D eigenvalue weighted by atomic mass is 35.5. The maximum absolute atomic E-state index is 11.5. The minimum atomic E-state index is -0.0873. The first kappa shape index (κ1) is 14.6. The van der Waals surface area contributed by atoms with Gasteiger partial charge >= 0.3 is 0 Å². The molecule has 1 amide bonds. The highest BCUT2D eigenvalue weighted by molar-refractivity contribution is 6.33. The minimum absolute atomic E-state index is 0.0287. The first-order valence-corrected chi connectivity index (χ1v) is 6.23. The first-order chi connectivity index (χ1) is 8.36. The molecule has 0 saturated heterocycles. The molecule has 1 atom stereocenters. The molecule has 1 unspecified atom stereocenters. The van der Waals surface area contributed by atoms with Crippen molar-refractivity contribution in [3.63, 3.8) is 0 Å². The molecule has 0 heterocycles. The van der Waals surface area contributed by atoms with Gasteiger partial charge < -0.3 is 16.0 Å². The summed E-state index contributed by atoms with van der Waals surface area (Å²) in [6, 6.07) is 3.68. The van der Waals surface area contributed by atoms with Crippen molar-refractivity contribution in [3.8, 4) is 0 Å². The summed E-state index contributed by atoms with van der Waals surface area (Å²) in [7, 11) is 3.58. The second-order valence-electron chi connectivity index (χ2n) is 4.56. The van der Waals surface area contributed by atoms with E-state index in [0.717, 1.165) is 11.3 Å². The molecule has 0 fully saturated rings. The fourth-order valence-electron chi connectivity index (χ4n) is 1.94. The normalized spacial score (nSPS) is 12.1. The van der Waals surface area contributed by atoms with Gasteiger partial charge in [0.15, 0.2) is 0 Å². The number of rotatable bonds is 4. The molecule has 0 saturated carbocycles. The predicted octanol–water partition coefficient (Wildman–Crippen LogP) is 2.05. The molecule has 0 aliphatic heterocycles. The van der Waals surface area contributed by atoms with Crippen molar-refractivity contribution in [2.24, 2.45) is 5.92 Å². The average Bonchev–Trinajstić information content (AvgIpc) is 2.32. The molecule has 1 aromatic rings. The molecule has 18 heavy (non-hydrogen) atoms. The number of nitrogens with zero attached hydrogens (tertiary/aromatic N) is 1. The topological polar surface area (TPSA) is 58.4 Å². The molecule has 3 N–H and O–H groups in total. The number of nitrogens with two attached hydrogens (primary N) is 1. The van der Waals surface area contributed by atoms with E-state index in [1.165, 1.54) is 0 Å². The Kier molecular flexibility index (Phi) is 4.84. The highest BCUT2D eigenvalue weighted by Crippen LogP contribution is 2.29. The lowest BCUT2D eigenvalue weighted by molar-refractivity contribution is -0.123. The Morgan fingerprint density at radius 2 is 2.17 bits per heavy atom. The molecule has 0 radical (unpaired) electrons. The average molecular weight is 270 g/mol. The lowest BCUT2D eigenvalue weighted by Crippen LogP contribution is -2.34. The number of carbonyl (C=O) groups excluding carboxylic acids is 1. The van der Waals surface area contributed by atoms with E-state index in [2.05, 4.69) is 5.32 Å². The van der Waals surface area contributed by atoms with Gasteiger partial charge in [0.2, 0.25) is 5.91 Å². The van der Waals surface area contributed by atoms with Crippen LogP contribution in [-0.4, -0.2) is 26.5 Å². The minimum Gasteiger partial charge on any atom is -0.398 e. The fraction of sp³-hybridized carbons (Fsp3) is 0.462. The Labute approximate surface area is 113 Å². The number of amides is 1. The van der Waals surface area contributed by atoms with Gasteiger partial charge in [0.05, 0.1) is 16.6 Å². The van der Waals surface area contributed by atoms with Crippen LogP contribution in [0.25, 0.3) is 0 Å². The Hall–Kier alpha value is -1.42. The third kappa shape index (κ3) is 3.29. The van der Waals surface area contributed by atoms with Crippen molar-refractivity contribution < 1.29 is 4.79 Å². The zero-order chi connectivity index (χ0) is 13.9. The van der Waals surface area contributed by atoms with E-state index in [1.54, 1.807) is 7.05 Å². The molecule has 4 nitrogen and oxygen atoms in total. The van der Waals surface area contributed by atoms with E-state index < -0.39 is 0 Å². The summed E-state index contributed by atoms with van der Waals surface area (Å²) in [4.78, 5) is 13.5. The van der Waals surface area contributed by atoms with Crippen molar-refractivity contribution in [2.75, 3.05) is 31.3 Å². The lowest BCUT2D eigenvalue weighted by atomic mass is 10.1. The van der Waals surface area contributed by atoms with Crippen LogP contribution in [0.1, 0.15) is 12.5 Å². The van der Waals surface area contributed by atoms with Crippen LogP contribution in [0.5, 0.6) is 0 Å². The van der Waals surface area contributed by atoms with Crippen LogP contribution in [0.3, 0.4) is 0 Å². The molecule has 1 rings (SSSR count). The number of anilines is 2. The molecule has 0 spiro atoms. The largest absolute Gasteiger partial charge is 0.398 e. The maximum Gasteiger partial charge on any atom is 0.224 e. The summed E-state index contributed by atoms with van der Waals surface area (Å²) in [6.45, 7) is 4.49. The summed E-state index contributed by atoms with van der Waals surface area (Å²) in [5, 5.41) is 3.18. The monoisotopic (exact) mass is 269 g/mol. The van der Waals surface area contributed by atoms with Gasteiger partial charge in [0, 0.05) is 26.3 Å². The predicted molar refractivity (Wildman–Crippen MR) is 77.1 cm³/mol. The van der Waals surface area contributed by atoms with Crippen LogP contribution in [0, 0.1) is 12.8 Å². The third-order valence-corrected chi connectivity index (χ3v) is 3.30. The summed E-state index contributed by atoms with van der Waals surface area (Å²) in [5.41, 5.74) is 8.36. The molecule has 0 aliphatic rings. The van der Waals surface area contributed by atoms with Crippen molar-refractivity contribution >= 4 is 28.9 Å². The van der Waals surface area contributed by atoms with E-state index in [9.17, 15) is 4.79 Å². The Morgan fingerprint density at radius 1 is 1.56 bits per heavy atom. The number of hydrogen-bond donors (Lipinski definition) is 2. The van der Waals surface area contributed by atoms with Gasteiger partial charge in [-0.1, -0.05) is 18.5 Å². The number of nitrogen functional groups attached to an aromatic ring is 1. The quantitative estimate of drug-likeness (QED) is 0.823. The van der Waals surface area contributed by atoms with E-state index in [-0.39, 0.29) is 11.8 Å². The second-order valence-corrected chi connectivity index (χ2v) is 4.96. The molecular weight excluding hydrogens is 250 g/mol. The Bertz CT molecular complexity index is 448. The van der Waals surface area contributed by atoms with Crippen LogP contribution in [-0.2, 0) is 4.79 Å². The van der Waals surface area contributed by atoms with E-state index in [0.29, 0.717) is 17.3 Å². The zero-order valence-electron chi connectivity index (χ0n) is 11.2. The molecule has 5 heteroatoms. The summed E-state index contributed by atoms with van der Waals surface area (Å²) >= 11 is 6.03. The van der Waals surface area contributed by atoms with E-state index >= 15 is 0 Å². The van der Waals surface area contributed by atoms with E-state index in [1.807, 2.05) is 37.9 Å². The molecule has 0 bridgehead atoms. The smallest absolute Gasteiger partial charge is 0.224 e. The van der Waals surface area contributed by atoms with Gasteiger partial charge in [-0.25, -0.2) is 0 Å². The Morgan fingerprint density at radius 3 is 2.72 bits per heavy atom. The zero-order valence-corrected chi connectivity index (χ0v) is 12.0. The number of nitrogens with one attached hydrogen (secondary N) is 1. The summed E-state index contributed by atoms with van der Waals surface area (Å²) < 4.78 is 0. The SMILES string of the molecule is CNC(=O)C(C)CN(C)c1cc(Cl)c(N)cc1C. The molecule has 1 aromatic carbocycles. The fourth-order valence-corrected chi connectivity index (χ4v) is 2.10. The van der Waals surface area contributed by atoms with Crippen molar-refractivity contribution in [1.82, 2.24) is 5.32 Å².